The molecular weight excluding hydrogens is 252 g/mol. The fraction of sp³-hybridized carbons (Fsp3) is 0.545. The normalized spacial score (nSPS) is 20.9. The van der Waals surface area contributed by atoms with E-state index in [0.717, 1.165) is 4.90 Å². The lowest BCUT2D eigenvalue weighted by Gasteiger charge is -2.29. The predicted octanol–water partition coefficient (Wildman–Crippen LogP) is -0.221. The third-order valence-electron chi connectivity index (χ3n) is 3.43. The number of hydrogen-bond donors (Lipinski definition) is 1. The van der Waals surface area contributed by atoms with Gasteiger partial charge in [-0.3, -0.25) is 19.8 Å². The summed E-state index contributed by atoms with van der Waals surface area (Å²) >= 11 is 0. The number of hydrogen-bond acceptors (Lipinski definition) is 6. The van der Waals surface area contributed by atoms with Gasteiger partial charge < -0.3 is 4.52 Å². The number of aromatic nitrogens is 2. The van der Waals surface area contributed by atoms with E-state index in [1.165, 1.54) is 0 Å². The van der Waals surface area contributed by atoms with Gasteiger partial charge in [-0.15, -0.1) is 0 Å². The molecule has 1 spiro atoms. The second kappa shape index (κ2) is 3.87. The number of urea groups is 1. The number of carbonyl (C=O) groups excluding carboxylic acids is 3. The first-order chi connectivity index (χ1) is 9.03. The third-order valence-corrected chi connectivity index (χ3v) is 3.43. The van der Waals surface area contributed by atoms with Gasteiger partial charge in [0.05, 0.1) is 0 Å². The highest BCUT2D eigenvalue weighted by Gasteiger charge is 2.62. The minimum Gasteiger partial charge on any atom is -0.340 e. The average molecular weight is 264 g/mol. The van der Waals surface area contributed by atoms with Crippen molar-refractivity contribution in [1.82, 2.24) is 20.4 Å². The van der Waals surface area contributed by atoms with E-state index < -0.39 is 23.3 Å². The average Bonchev–Trinajstić information content (AvgIpc) is 3.06. The molecule has 8 heteroatoms. The Morgan fingerprint density at radius 2 is 2.11 bits per heavy atom. The van der Waals surface area contributed by atoms with Gasteiger partial charge in [0, 0.05) is 19.9 Å². The van der Waals surface area contributed by atoms with Crippen LogP contribution in [0.5, 0.6) is 0 Å². The molecule has 0 aromatic carbocycles. The molecule has 3 rings (SSSR count). The Hall–Kier alpha value is -2.25. The van der Waals surface area contributed by atoms with E-state index in [9.17, 15) is 14.4 Å². The van der Waals surface area contributed by atoms with Crippen LogP contribution in [0, 0.1) is 12.3 Å². The van der Waals surface area contributed by atoms with Crippen LogP contribution in [0.3, 0.4) is 0 Å². The van der Waals surface area contributed by atoms with Crippen LogP contribution in [0.4, 0.5) is 4.79 Å². The molecule has 4 amide bonds. The van der Waals surface area contributed by atoms with E-state index in [1.807, 2.05) is 0 Å². The molecule has 2 fully saturated rings. The van der Waals surface area contributed by atoms with Crippen LogP contribution in [0.25, 0.3) is 0 Å². The highest BCUT2D eigenvalue weighted by molar-refractivity contribution is 6.20. The van der Waals surface area contributed by atoms with Crippen molar-refractivity contribution < 1.29 is 18.9 Å². The number of rotatable bonds is 3. The molecule has 0 bridgehead atoms. The summed E-state index contributed by atoms with van der Waals surface area (Å²) in [6.45, 7) is 1.80. The molecule has 1 aliphatic heterocycles. The van der Waals surface area contributed by atoms with Gasteiger partial charge in [0.25, 0.3) is 0 Å². The number of aryl methyl sites for hydroxylation is 1. The first-order valence-electron chi connectivity index (χ1n) is 5.99. The Morgan fingerprint density at radius 1 is 1.37 bits per heavy atom. The van der Waals surface area contributed by atoms with E-state index in [4.69, 9.17) is 4.52 Å². The zero-order valence-electron chi connectivity index (χ0n) is 10.3. The van der Waals surface area contributed by atoms with Crippen LogP contribution in [0.2, 0.25) is 0 Å². The van der Waals surface area contributed by atoms with Crippen molar-refractivity contribution in [2.75, 3.05) is 6.54 Å². The summed E-state index contributed by atoms with van der Waals surface area (Å²) in [5.74, 6) is -0.0336. The fourth-order valence-corrected chi connectivity index (χ4v) is 2.16. The van der Waals surface area contributed by atoms with Crippen molar-refractivity contribution in [2.24, 2.45) is 5.41 Å². The summed E-state index contributed by atoms with van der Waals surface area (Å²) < 4.78 is 4.81. The maximum Gasteiger partial charge on any atom is 0.330 e. The molecule has 8 nitrogen and oxygen atoms in total. The first kappa shape index (κ1) is 11.8. The van der Waals surface area contributed by atoms with E-state index >= 15 is 0 Å². The first-order valence-corrected chi connectivity index (χ1v) is 5.99. The fourth-order valence-electron chi connectivity index (χ4n) is 2.16. The molecule has 0 radical (unpaired) electrons. The van der Waals surface area contributed by atoms with Gasteiger partial charge in [0.1, 0.15) is 5.41 Å². The van der Waals surface area contributed by atoms with Gasteiger partial charge in [-0.25, -0.2) is 4.79 Å². The Balaban J connectivity index is 1.71. The van der Waals surface area contributed by atoms with Gasteiger partial charge in [-0.1, -0.05) is 5.16 Å². The highest BCUT2D eigenvalue weighted by atomic mass is 16.5. The largest absolute Gasteiger partial charge is 0.340 e. The summed E-state index contributed by atoms with van der Waals surface area (Å²) in [7, 11) is 0. The summed E-state index contributed by atoms with van der Waals surface area (Å²) in [5.41, 5.74) is -0.999. The molecule has 1 saturated heterocycles. The molecule has 0 unspecified atom stereocenters. The molecule has 1 aromatic rings. The number of nitrogens with zero attached hydrogens (tertiary/aromatic N) is 3. The van der Waals surface area contributed by atoms with Crippen molar-refractivity contribution in [3.8, 4) is 0 Å². The molecule has 1 N–H and O–H groups in total. The van der Waals surface area contributed by atoms with Gasteiger partial charge in [0.15, 0.2) is 5.82 Å². The van der Waals surface area contributed by atoms with E-state index in [1.54, 1.807) is 6.92 Å². The second-order valence-corrected chi connectivity index (χ2v) is 4.78. The van der Waals surface area contributed by atoms with Crippen LogP contribution in [-0.2, 0) is 16.0 Å². The van der Waals surface area contributed by atoms with Gasteiger partial charge >= 0.3 is 6.03 Å². The SMILES string of the molecule is Cc1nc(CCN2C(=O)NC(=O)C3(CC3)C2=O)no1. The van der Waals surface area contributed by atoms with Gasteiger partial charge in [-0.2, -0.15) is 4.98 Å². The maximum absolute atomic E-state index is 12.1. The quantitative estimate of drug-likeness (QED) is 0.756. The summed E-state index contributed by atoms with van der Waals surface area (Å²) in [5, 5.41) is 5.91. The van der Waals surface area contributed by atoms with E-state index in [-0.39, 0.29) is 6.54 Å². The summed E-state index contributed by atoms with van der Waals surface area (Å²) in [6, 6.07) is -0.673. The zero-order valence-corrected chi connectivity index (χ0v) is 10.3. The Kier molecular flexibility index (Phi) is 2.41. The number of barbiturate groups is 1. The molecule has 2 aliphatic rings. The highest BCUT2D eigenvalue weighted by Crippen LogP contribution is 2.48. The second-order valence-electron chi connectivity index (χ2n) is 4.78. The van der Waals surface area contributed by atoms with Crippen molar-refractivity contribution in [2.45, 2.75) is 26.2 Å². The standard InChI is InChI=1S/C11H12N4O4/c1-6-12-7(14-19-6)2-5-15-9(17)11(3-4-11)8(16)13-10(15)18/h2-5H2,1H3,(H,13,16,18). The predicted molar refractivity (Wildman–Crippen MR) is 59.7 cm³/mol. The molecular formula is C11H12N4O4. The molecule has 2 heterocycles. The van der Waals surface area contributed by atoms with Crippen LogP contribution >= 0.6 is 0 Å². The molecule has 1 aliphatic carbocycles. The minimum absolute atomic E-state index is 0.138. The van der Waals surface area contributed by atoms with Crippen molar-refractivity contribution in [3.05, 3.63) is 11.7 Å². The van der Waals surface area contributed by atoms with Crippen LogP contribution in [0.15, 0.2) is 4.52 Å². The lowest BCUT2D eigenvalue weighted by atomic mass is 10.0. The van der Waals surface area contributed by atoms with Crippen molar-refractivity contribution >= 4 is 17.8 Å². The number of imide groups is 2. The van der Waals surface area contributed by atoms with Crippen molar-refractivity contribution in [1.29, 1.82) is 0 Å². The molecule has 100 valence electrons. The smallest absolute Gasteiger partial charge is 0.330 e. The number of amides is 4. The Morgan fingerprint density at radius 3 is 2.68 bits per heavy atom. The Bertz CT molecular complexity index is 575. The maximum atomic E-state index is 12.1. The van der Waals surface area contributed by atoms with Crippen LogP contribution in [-0.4, -0.2) is 39.4 Å². The minimum atomic E-state index is -0.999. The van der Waals surface area contributed by atoms with Gasteiger partial charge in [-0.05, 0) is 12.8 Å². The molecule has 1 aromatic heterocycles. The lowest BCUT2D eigenvalue weighted by Crippen LogP contribution is -2.59. The number of nitrogens with one attached hydrogen (secondary N) is 1. The Labute approximate surface area is 108 Å². The summed E-state index contributed by atoms with van der Waals surface area (Å²) in [4.78, 5) is 40.5. The monoisotopic (exact) mass is 264 g/mol. The zero-order chi connectivity index (χ0) is 13.6. The molecule has 19 heavy (non-hydrogen) atoms. The molecule has 0 atom stereocenters. The van der Waals surface area contributed by atoms with Gasteiger partial charge in [0.2, 0.25) is 17.7 Å². The topological polar surface area (TPSA) is 105 Å². The molecule has 1 saturated carbocycles. The van der Waals surface area contributed by atoms with E-state index in [2.05, 4.69) is 15.5 Å². The van der Waals surface area contributed by atoms with Crippen LogP contribution in [0.1, 0.15) is 24.6 Å². The van der Waals surface area contributed by atoms with Crippen molar-refractivity contribution in [3.63, 3.8) is 0 Å². The van der Waals surface area contributed by atoms with Crippen LogP contribution < -0.4 is 5.32 Å². The third kappa shape index (κ3) is 1.79. The number of carbonyl (C=O) groups is 3. The van der Waals surface area contributed by atoms with E-state index in [0.29, 0.717) is 31.0 Å². The lowest BCUT2D eigenvalue weighted by molar-refractivity contribution is -0.144. The summed E-state index contributed by atoms with van der Waals surface area (Å²) in [6.07, 6.45) is 1.31.